The van der Waals surface area contributed by atoms with E-state index in [0.717, 1.165) is 13.0 Å². The Balaban J connectivity index is 2.78. The van der Waals surface area contributed by atoms with Crippen LogP contribution in [0.4, 0.5) is 5.69 Å². The molecule has 1 unspecified atom stereocenters. The highest BCUT2D eigenvalue weighted by molar-refractivity contribution is 7.90. The Bertz CT molecular complexity index is 457. The molecule has 1 rings (SSSR count). The lowest BCUT2D eigenvalue weighted by atomic mass is 10.1. The summed E-state index contributed by atoms with van der Waals surface area (Å²) in [5.41, 5.74) is 6.14. The molecule has 17 heavy (non-hydrogen) atoms. The molecule has 0 fully saturated rings. The maximum atomic E-state index is 11.6. The number of benzene rings is 1. The van der Waals surface area contributed by atoms with Crippen molar-refractivity contribution in [1.82, 2.24) is 0 Å². The van der Waals surface area contributed by atoms with Gasteiger partial charge in [-0.25, -0.2) is 8.42 Å². The molecule has 0 radical (unpaired) electrons. The van der Waals surface area contributed by atoms with Crippen molar-refractivity contribution >= 4 is 15.5 Å². The maximum Gasteiger partial charge on any atom is 0.177 e. The van der Waals surface area contributed by atoms with Gasteiger partial charge in [0.1, 0.15) is 0 Å². The molecule has 0 bridgehead atoms. The molecule has 1 aromatic carbocycles. The Morgan fingerprint density at radius 1 is 1.35 bits per heavy atom. The van der Waals surface area contributed by atoms with Crippen molar-refractivity contribution in [3.05, 3.63) is 24.3 Å². The molecule has 0 heterocycles. The lowest BCUT2D eigenvalue weighted by Gasteiger charge is -2.14. The van der Waals surface area contributed by atoms with E-state index in [9.17, 15) is 8.42 Å². The fraction of sp³-hybridized carbons (Fsp3) is 0.500. The summed E-state index contributed by atoms with van der Waals surface area (Å²) in [6.07, 6.45) is 2.14. The average Bonchev–Trinajstić information content (AvgIpc) is 2.26. The molecule has 4 nitrogen and oxygen atoms in total. The summed E-state index contributed by atoms with van der Waals surface area (Å²) < 4.78 is 23.1. The average molecular weight is 256 g/mol. The minimum Gasteiger partial charge on any atom is -0.384 e. The largest absolute Gasteiger partial charge is 0.384 e. The van der Waals surface area contributed by atoms with Crippen molar-refractivity contribution in [3.63, 3.8) is 0 Å². The van der Waals surface area contributed by atoms with E-state index in [2.05, 4.69) is 12.2 Å². The molecule has 3 N–H and O–H groups in total. The predicted molar refractivity (Wildman–Crippen MR) is 70.9 cm³/mol. The van der Waals surface area contributed by atoms with E-state index in [1.807, 2.05) is 6.07 Å². The molecule has 0 aliphatic rings. The van der Waals surface area contributed by atoms with Crippen LogP contribution in [0, 0.1) is 5.92 Å². The van der Waals surface area contributed by atoms with Crippen LogP contribution in [-0.2, 0) is 9.84 Å². The summed E-state index contributed by atoms with van der Waals surface area (Å²) in [6.45, 7) is 3.46. The van der Waals surface area contributed by atoms with Crippen molar-refractivity contribution in [2.45, 2.75) is 18.2 Å². The molecule has 0 aliphatic carbocycles. The number of sulfone groups is 1. The third-order valence-electron chi connectivity index (χ3n) is 2.59. The zero-order valence-electron chi connectivity index (χ0n) is 10.3. The molecular formula is C12H20N2O2S. The van der Waals surface area contributed by atoms with Gasteiger partial charge in [-0.3, -0.25) is 0 Å². The van der Waals surface area contributed by atoms with Crippen LogP contribution < -0.4 is 11.1 Å². The van der Waals surface area contributed by atoms with Gasteiger partial charge in [0.2, 0.25) is 0 Å². The van der Waals surface area contributed by atoms with Crippen LogP contribution in [0.5, 0.6) is 0 Å². The standard InChI is InChI=1S/C12H20N2O2S/c1-10(7-8-13)9-14-11-5-3-4-6-12(11)17(2,15)16/h3-6,10,14H,7-9,13H2,1-2H3. The molecule has 5 heteroatoms. The van der Waals surface area contributed by atoms with Crippen LogP contribution in [-0.4, -0.2) is 27.8 Å². The Labute approximate surface area is 103 Å². The lowest BCUT2D eigenvalue weighted by Crippen LogP contribution is -2.16. The second-order valence-electron chi connectivity index (χ2n) is 4.33. The van der Waals surface area contributed by atoms with Gasteiger partial charge in [-0.15, -0.1) is 0 Å². The smallest absolute Gasteiger partial charge is 0.177 e. The molecule has 0 saturated carbocycles. The van der Waals surface area contributed by atoms with Gasteiger partial charge in [0, 0.05) is 12.8 Å². The summed E-state index contributed by atoms with van der Waals surface area (Å²) in [5.74, 6) is 0.424. The van der Waals surface area contributed by atoms with Gasteiger partial charge < -0.3 is 11.1 Å². The summed E-state index contributed by atoms with van der Waals surface area (Å²) in [7, 11) is -3.18. The van der Waals surface area contributed by atoms with Crippen LogP contribution in [0.15, 0.2) is 29.2 Å². The molecule has 1 atom stereocenters. The van der Waals surface area contributed by atoms with E-state index in [1.165, 1.54) is 6.26 Å². The van der Waals surface area contributed by atoms with E-state index in [-0.39, 0.29) is 0 Å². The van der Waals surface area contributed by atoms with Crippen LogP contribution in [0.25, 0.3) is 0 Å². The van der Waals surface area contributed by atoms with Gasteiger partial charge in [0.15, 0.2) is 9.84 Å². The van der Waals surface area contributed by atoms with E-state index in [0.29, 0.717) is 23.0 Å². The number of hydrogen-bond acceptors (Lipinski definition) is 4. The van der Waals surface area contributed by atoms with Gasteiger partial charge in [0.25, 0.3) is 0 Å². The summed E-state index contributed by atoms with van der Waals surface area (Å²) in [5, 5.41) is 3.17. The first-order valence-electron chi connectivity index (χ1n) is 5.68. The van der Waals surface area contributed by atoms with E-state index in [4.69, 9.17) is 5.73 Å². The molecule has 0 spiro atoms. The normalized spacial score (nSPS) is 13.4. The fourth-order valence-corrected chi connectivity index (χ4v) is 2.47. The van der Waals surface area contributed by atoms with E-state index in [1.54, 1.807) is 18.2 Å². The molecule has 0 saturated heterocycles. The van der Waals surface area contributed by atoms with Crippen molar-refractivity contribution in [1.29, 1.82) is 0 Å². The quantitative estimate of drug-likeness (QED) is 0.809. The van der Waals surface area contributed by atoms with Crippen LogP contribution >= 0.6 is 0 Å². The minimum atomic E-state index is -3.18. The summed E-state index contributed by atoms with van der Waals surface area (Å²) in [6, 6.07) is 6.95. The first-order chi connectivity index (χ1) is 7.95. The SMILES string of the molecule is CC(CCN)CNc1ccccc1S(C)(=O)=O. The first-order valence-corrected chi connectivity index (χ1v) is 7.57. The third kappa shape index (κ3) is 4.36. The molecular weight excluding hydrogens is 236 g/mol. The Morgan fingerprint density at radius 2 is 2.00 bits per heavy atom. The number of rotatable bonds is 6. The van der Waals surface area contributed by atoms with Crippen molar-refractivity contribution < 1.29 is 8.42 Å². The lowest BCUT2D eigenvalue weighted by molar-refractivity contribution is 0.567. The Hall–Kier alpha value is -1.07. The zero-order chi connectivity index (χ0) is 12.9. The fourth-order valence-electron chi connectivity index (χ4n) is 1.61. The number of hydrogen-bond donors (Lipinski definition) is 2. The van der Waals surface area contributed by atoms with Crippen molar-refractivity contribution in [2.75, 3.05) is 24.7 Å². The second-order valence-corrected chi connectivity index (χ2v) is 6.32. The minimum absolute atomic E-state index is 0.347. The summed E-state index contributed by atoms with van der Waals surface area (Å²) in [4.78, 5) is 0.347. The topological polar surface area (TPSA) is 72.2 Å². The van der Waals surface area contributed by atoms with Crippen LogP contribution in [0.3, 0.4) is 0 Å². The van der Waals surface area contributed by atoms with Gasteiger partial charge >= 0.3 is 0 Å². The number of anilines is 1. The van der Waals surface area contributed by atoms with Gasteiger partial charge in [0.05, 0.1) is 10.6 Å². The van der Waals surface area contributed by atoms with Crippen LogP contribution in [0.1, 0.15) is 13.3 Å². The Kier molecular flexibility index (Phi) is 4.96. The van der Waals surface area contributed by atoms with Gasteiger partial charge in [-0.2, -0.15) is 0 Å². The second kappa shape index (κ2) is 6.02. The Morgan fingerprint density at radius 3 is 2.59 bits per heavy atom. The maximum absolute atomic E-state index is 11.6. The third-order valence-corrected chi connectivity index (χ3v) is 3.74. The molecule has 0 amide bonds. The zero-order valence-corrected chi connectivity index (χ0v) is 11.1. The summed E-state index contributed by atoms with van der Waals surface area (Å²) >= 11 is 0. The molecule has 96 valence electrons. The van der Waals surface area contributed by atoms with E-state index < -0.39 is 9.84 Å². The highest BCUT2D eigenvalue weighted by Crippen LogP contribution is 2.20. The molecule has 0 aromatic heterocycles. The van der Waals surface area contributed by atoms with Gasteiger partial charge in [-0.1, -0.05) is 19.1 Å². The number of nitrogens with one attached hydrogen (secondary N) is 1. The van der Waals surface area contributed by atoms with Crippen molar-refractivity contribution in [2.24, 2.45) is 11.7 Å². The highest BCUT2D eigenvalue weighted by atomic mass is 32.2. The van der Waals surface area contributed by atoms with E-state index >= 15 is 0 Å². The first kappa shape index (κ1) is 14.0. The van der Waals surface area contributed by atoms with Crippen molar-refractivity contribution in [3.8, 4) is 0 Å². The monoisotopic (exact) mass is 256 g/mol. The van der Waals surface area contributed by atoms with Crippen LogP contribution in [0.2, 0.25) is 0 Å². The predicted octanol–water partition coefficient (Wildman–Crippen LogP) is 1.49. The molecule has 0 aliphatic heterocycles. The number of nitrogens with two attached hydrogens (primary N) is 1. The number of para-hydroxylation sites is 1. The van der Waals surface area contributed by atoms with Gasteiger partial charge in [-0.05, 0) is 31.0 Å². The highest BCUT2D eigenvalue weighted by Gasteiger charge is 2.12. The molecule has 1 aromatic rings.